The van der Waals surface area contributed by atoms with Crippen LogP contribution in [0.5, 0.6) is 0 Å². The predicted octanol–water partition coefficient (Wildman–Crippen LogP) is 2.96. The molecule has 0 aliphatic heterocycles. The van der Waals surface area contributed by atoms with Crippen LogP contribution < -0.4 is 16.4 Å². The van der Waals surface area contributed by atoms with E-state index in [2.05, 4.69) is 15.6 Å². The van der Waals surface area contributed by atoms with E-state index in [9.17, 15) is 4.79 Å². The standard InChI is InChI=1S/C18H21ClN4O.HI/c1-21-18(22-11-10-13-4-8-16(19)9-5-13)23-12-14-2-6-15(7-3-14)17(20)24;/h2-9H,10-12H2,1H3,(H2,20,24)(H2,21,22,23);1H. The number of carbonyl (C=O) groups excluding carboxylic acids is 1. The monoisotopic (exact) mass is 472 g/mol. The highest BCUT2D eigenvalue weighted by molar-refractivity contribution is 14.0. The summed E-state index contributed by atoms with van der Waals surface area (Å²) in [5, 5.41) is 7.24. The van der Waals surface area contributed by atoms with Crippen molar-refractivity contribution in [1.29, 1.82) is 0 Å². The van der Waals surface area contributed by atoms with Crippen LogP contribution in [0.4, 0.5) is 0 Å². The van der Waals surface area contributed by atoms with Crippen LogP contribution in [0, 0.1) is 0 Å². The van der Waals surface area contributed by atoms with Gasteiger partial charge in [-0.25, -0.2) is 0 Å². The molecular weight excluding hydrogens is 451 g/mol. The molecule has 2 aromatic rings. The number of guanidine groups is 1. The lowest BCUT2D eigenvalue weighted by Gasteiger charge is -2.12. The van der Waals surface area contributed by atoms with Gasteiger partial charge in [0.05, 0.1) is 0 Å². The van der Waals surface area contributed by atoms with Gasteiger partial charge in [-0.05, 0) is 41.8 Å². The molecule has 134 valence electrons. The van der Waals surface area contributed by atoms with Gasteiger partial charge in [-0.1, -0.05) is 35.9 Å². The summed E-state index contributed by atoms with van der Waals surface area (Å²) in [6.07, 6.45) is 0.880. The Kier molecular flexibility index (Phi) is 9.30. The maximum absolute atomic E-state index is 11.0. The first-order valence-electron chi connectivity index (χ1n) is 7.66. The summed E-state index contributed by atoms with van der Waals surface area (Å²) in [5.41, 5.74) is 7.99. The van der Waals surface area contributed by atoms with Crippen LogP contribution in [0.2, 0.25) is 5.02 Å². The van der Waals surface area contributed by atoms with E-state index in [0.29, 0.717) is 12.1 Å². The van der Waals surface area contributed by atoms with E-state index < -0.39 is 5.91 Å². The van der Waals surface area contributed by atoms with Gasteiger partial charge in [0.25, 0.3) is 0 Å². The molecule has 0 fully saturated rings. The van der Waals surface area contributed by atoms with Gasteiger partial charge in [0, 0.05) is 30.7 Å². The number of aliphatic imine (C=N–C) groups is 1. The maximum atomic E-state index is 11.0. The number of nitrogens with zero attached hydrogens (tertiary/aromatic N) is 1. The molecule has 2 rings (SSSR count). The molecule has 0 aromatic heterocycles. The molecule has 7 heteroatoms. The van der Waals surface area contributed by atoms with Crippen LogP contribution in [0.1, 0.15) is 21.5 Å². The van der Waals surface area contributed by atoms with Crippen LogP contribution in [0.15, 0.2) is 53.5 Å². The first kappa shape index (κ1) is 21.2. The number of nitrogens with one attached hydrogen (secondary N) is 2. The van der Waals surface area contributed by atoms with Gasteiger partial charge in [0.1, 0.15) is 0 Å². The normalized spacial score (nSPS) is 10.7. The minimum Gasteiger partial charge on any atom is -0.366 e. The highest BCUT2D eigenvalue weighted by atomic mass is 127. The quantitative estimate of drug-likeness (QED) is 0.344. The lowest BCUT2D eigenvalue weighted by Crippen LogP contribution is -2.37. The third-order valence-corrected chi connectivity index (χ3v) is 3.79. The van der Waals surface area contributed by atoms with E-state index in [-0.39, 0.29) is 24.0 Å². The minimum absolute atomic E-state index is 0. The van der Waals surface area contributed by atoms with Gasteiger partial charge in [-0.15, -0.1) is 24.0 Å². The van der Waals surface area contributed by atoms with Crippen molar-refractivity contribution in [3.05, 3.63) is 70.2 Å². The second-order valence-electron chi connectivity index (χ2n) is 5.29. The van der Waals surface area contributed by atoms with Gasteiger partial charge in [-0.2, -0.15) is 0 Å². The Bertz CT molecular complexity index is 702. The van der Waals surface area contributed by atoms with E-state index in [1.165, 1.54) is 5.56 Å². The number of rotatable bonds is 6. The lowest BCUT2D eigenvalue weighted by molar-refractivity contribution is 0.100. The van der Waals surface area contributed by atoms with E-state index in [4.69, 9.17) is 17.3 Å². The molecule has 4 N–H and O–H groups in total. The van der Waals surface area contributed by atoms with Crippen LogP contribution in [-0.2, 0) is 13.0 Å². The van der Waals surface area contributed by atoms with Crippen molar-refractivity contribution < 1.29 is 4.79 Å². The van der Waals surface area contributed by atoms with Crippen LogP contribution in [0.25, 0.3) is 0 Å². The Morgan fingerprint density at radius 3 is 2.20 bits per heavy atom. The largest absolute Gasteiger partial charge is 0.366 e. The predicted molar refractivity (Wildman–Crippen MR) is 114 cm³/mol. The molecule has 0 radical (unpaired) electrons. The lowest BCUT2D eigenvalue weighted by atomic mass is 10.1. The van der Waals surface area contributed by atoms with Gasteiger partial charge < -0.3 is 16.4 Å². The molecule has 0 atom stereocenters. The number of benzene rings is 2. The molecular formula is C18H22ClIN4O. The minimum atomic E-state index is -0.422. The third kappa shape index (κ3) is 7.31. The van der Waals surface area contributed by atoms with E-state index >= 15 is 0 Å². The SMILES string of the molecule is CN=C(NCCc1ccc(Cl)cc1)NCc1ccc(C(N)=O)cc1.I. The van der Waals surface area contributed by atoms with E-state index in [1.54, 1.807) is 19.2 Å². The topological polar surface area (TPSA) is 79.5 Å². The fraction of sp³-hybridized carbons (Fsp3) is 0.222. The van der Waals surface area contributed by atoms with Crippen molar-refractivity contribution in [3.63, 3.8) is 0 Å². The van der Waals surface area contributed by atoms with Crippen molar-refractivity contribution in [2.24, 2.45) is 10.7 Å². The molecule has 1 amide bonds. The summed E-state index contributed by atoms with van der Waals surface area (Å²) < 4.78 is 0. The van der Waals surface area contributed by atoms with Gasteiger partial charge in [-0.3, -0.25) is 9.79 Å². The molecule has 0 aliphatic rings. The average Bonchev–Trinajstić information content (AvgIpc) is 2.60. The van der Waals surface area contributed by atoms with Gasteiger partial charge in [0.15, 0.2) is 5.96 Å². The van der Waals surface area contributed by atoms with E-state index in [0.717, 1.165) is 29.5 Å². The number of primary amides is 1. The van der Waals surface area contributed by atoms with Crippen molar-refractivity contribution in [2.75, 3.05) is 13.6 Å². The summed E-state index contributed by atoms with van der Waals surface area (Å²) in [6.45, 7) is 1.38. The molecule has 2 aromatic carbocycles. The molecule has 5 nitrogen and oxygen atoms in total. The second kappa shape index (κ2) is 10.9. The van der Waals surface area contributed by atoms with Crippen LogP contribution in [-0.4, -0.2) is 25.5 Å². The molecule has 25 heavy (non-hydrogen) atoms. The number of nitrogens with two attached hydrogens (primary N) is 1. The highest BCUT2D eigenvalue weighted by Crippen LogP contribution is 2.09. The molecule has 0 saturated carbocycles. The van der Waals surface area contributed by atoms with Gasteiger partial charge >= 0.3 is 0 Å². The number of halogens is 2. The summed E-state index contributed by atoms with van der Waals surface area (Å²) >= 11 is 5.87. The molecule has 0 unspecified atom stereocenters. The zero-order valence-electron chi connectivity index (χ0n) is 14.0. The average molecular weight is 473 g/mol. The zero-order chi connectivity index (χ0) is 17.4. The Morgan fingerprint density at radius 1 is 1.04 bits per heavy atom. The Balaban J connectivity index is 0.00000312. The molecule has 0 aliphatic carbocycles. The number of hydrogen-bond donors (Lipinski definition) is 3. The fourth-order valence-corrected chi connectivity index (χ4v) is 2.30. The van der Waals surface area contributed by atoms with Gasteiger partial charge in [0.2, 0.25) is 5.91 Å². The number of hydrogen-bond acceptors (Lipinski definition) is 2. The Labute approximate surface area is 170 Å². The van der Waals surface area contributed by atoms with Crippen LogP contribution in [0.3, 0.4) is 0 Å². The molecule has 0 spiro atoms. The molecule has 0 saturated heterocycles. The molecule has 0 heterocycles. The zero-order valence-corrected chi connectivity index (χ0v) is 17.0. The molecule has 0 bridgehead atoms. The summed E-state index contributed by atoms with van der Waals surface area (Å²) in [6, 6.07) is 15.0. The summed E-state index contributed by atoms with van der Waals surface area (Å²) in [5.74, 6) is 0.303. The van der Waals surface area contributed by atoms with Crippen LogP contribution >= 0.6 is 35.6 Å². The first-order chi connectivity index (χ1) is 11.6. The Hall–Kier alpha value is -1.80. The second-order valence-corrected chi connectivity index (χ2v) is 5.73. The first-order valence-corrected chi connectivity index (χ1v) is 8.04. The van der Waals surface area contributed by atoms with Crippen molar-refractivity contribution in [2.45, 2.75) is 13.0 Å². The Morgan fingerprint density at radius 2 is 1.64 bits per heavy atom. The maximum Gasteiger partial charge on any atom is 0.248 e. The smallest absolute Gasteiger partial charge is 0.248 e. The summed E-state index contributed by atoms with van der Waals surface area (Å²) in [4.78, 5) is 15.2. The fourth-order valence-electron chi connectivity index (χ4n) is 2.17. The number of amides is 1. The third-order valence-electron chi connectivity index (χ3n) is 3.54. The van der Waals surface area contributed by atoms with Crippen molar-refractivity contribution in [1.82, 2.24) is 10.6 Å². The van der Waals surface area contributed by atoms with E-state index in [1.807, 2.05) is 36.4 Å². The van der Waals surface area contributed by atoms with Crippen molar-refractivity contribution >= 4 is 47.4 Å². The number of carbonyl (C=O) groups is 1. The summed E-state index contributed by atoms with van der Waals surface area (Å²) in [7, 11) is 1.73. The van der Waals surface area contributed by atoms with Crippen molar-refractivity contribution in [3.8, 4) is 0 Å². The highest BCUT2D eigenvalue weighted by Gasteiger charge is 2.01.